The number of pyridine rings is 1. The van der Waals surface area contributed by atoms with Crippen LogP contribution >= 0.6 is 10.2 Å². The minimum Gasteiger partial charge on any atom is -0.478 e. The fourth-order valence-electron chi connectivity index (χ4n) is 4.11. The maximum absolute atomic E-state index is 13.0. The molecule has 0 aliphatic carbocycles. The summed E-state index contributed by atoms with van der Waals surface area (Å²) in [5.74, 6) is 0.127. The first-order valence-corrected chi connectivity index (χ1v) is 16.0. The number of carbonyl (C=O) groups is 1. The Kier molecular flexibility index (Phi) is 10.0. The molecule has 12 heteroatoms. The average molecular weight is 620 g/mol. The lowest BCUT2D eigenvalue weighted by molar-refractivity contribution is -0.154. The van der Waals surface area contributed by atoms with E-state index >= 15 is 0 Å². The zero-order valence-electron chi connectivity index (χ0n) is 24.1. The third-order valence-electron chi connectivity index (χ3n) is 7.16. The minimum atomic E-state index is -9.81. The van der Waals surface area contributed by atoms with Gasteiger partial charge in [-0.3, -0.25) is 4.79 Å². The van der Waals surface area contributed by atoms with Crippen LogP contribution in [0.3, 0.4) is 0 Å². The lowest BCUT2D eigenvalue weighted by Gasteiger charge is -2.40. The first-order valence-electron chi connectivity index (χ1n) is 14.1. The first-order chi connectivity index (χ1) is 19.5. The van der Waals surface area contributed by atoms with Gasteiger partial charge in [-0.05, 0) is 56.9 Å². The molecule has 0 aliphatic heterocycles. The minimum absolute atomic E-state index is 0.00798. The van der Waals surface area contributed by atoms with Crippen LogP contribution in [0.1, 0.15) is 78.6 Å². The number of carbonyl (C=O) groups excluding carboxylic acids is 1. The molecule has 0 aliphatic rings. The largest absolute Gasteiger partial charge is 0.478 e. The summed E-state index contributed by atoms with van der Waals surface area (Å²) in [6.45, 7) is 6.65. The van der Waals surface area contributed by atoms with E-state index in [0.29, 0.717) is 18.6 Å². The number of nitrogens with zero attached hydrogens (tertiary/aromatic N) is 1. The number of unbranched alkanes of at least 4 members (excludes halogenated alkanes) is 7. The monoisotopic (exact) mass is 619 g/mol. The van der Waals surface area contributed by atoms with Crippen molar-refractivity contribution >= 4 is 27.2 Å². The van der Waals surface area contributed by atoms with E-state index < -0.39 is 26.2 Å². The molecule has 0 atom stereocenters. The van der Waals surface area contributed by atoms with E-state index in [1.165, 1.54) is 18.3 Å². The van der Waals surface area contributed by atoms with E-state index in [1.807, 2.05) is 20.8 Å². The molecule has 1 aromatic carbocycles. The fourth-order valence-corrected chi connectivity index (χ4v) is 4.76. The summed E-state index contributed by atoms with van der Waals surface area (Å²) in [7, 11) is -9.81. The molecule has 42 heavy (non-hydrogen) atoms. The highest BCUT2D eigenvalue weighted by Gasteiger charge is 2.65. The molecule has 0 N–H and O–H groups in total. The zero-order valence-corrected chi connectivity index (χ0v) is 24.9. The second-order valence-corrected chi connectivity index (χ2v) is 13.5. The number of benzene rings is 1. The van der Waals surface area contributed by atoms with Gasteiger partial charge in [-0.25, -0.2) is 9.78 Å². The number of esters is 1. The lowest BCUT2D eigenvalue weighted by Crippen LogP contribution is -2.26. The second kappa shape index (κ2) is 12.6. The van der Waals surface area contributed by atoms with Crippen LogP contribution in [0.15, 0.2) is 56.7 Å². The van der Waals surface area contributed by atoms with Crippen molar-refractivity contribution in [1.29, 1.82) is 0 Å². The number of rotatable bonds is 16. The molecule has 3 aromatic rings. The smallest absolute Gasteiger partial charge is 0.344 e. The Morgan fingerprint density at radius 1 is 0.881 bits per heavy atom. The average Bonchev–Trinajstić information content (AvgIpc) is 2.91. The summed E-state index contributed by atoms with van der Waals surface area (Å²) < 4.78 is 81.2. The molecule has 3 rings (SSSR count). The quantitative estimate of drug-likeness (QED) is 0.0902. The van der Waals surface area contributed by atoms with E-state index in [4.69, 9.17) is 13.9 Å². The van der Waals surface area contributed by atoms with Gasteiger partial charge in [0.05, 0.1) is 24.2 Å². The van der Waals surface area contributed by atoms with Crippen molar-refractivity contribution in [1.82, 2.24) is 4.98 Å². The van der Waals surface area contributed by atoms with Crippen molar-refractivity contribution in [2.24, 2.45) is 5.41 Å². The normalized spacial score (nSPS) is 13.9. The molecule has 2 heterocycles. The van der Waals surface area contributed by atoms with Crippen LogP contribution in [0.25, 0.3) is 22.1 Å². The molecule has 0 bridgehead atoms. The number of fused-ring (bicyclic) bond motifs is 1. The van der Waals surface area contributed by atoms with Crippen molar-refractivity contribution in [3.8, 4) is 17.0 Å². The van der Waals surface area contributed by atoms with Gasteiger partial charge in [0.2, 0.25) is 5.88 Å². The maximum Gasteiger partial charge on any atom is 0.344 e. The fraction of sp³-hybridized carbons (Fsp3) is 0.500. The van der Waals surface area contributed by atoms with Gasteiger partial charge in [-0.15, -0.1) is 0 Å². The highest BCUT2D eigenvalue weighted by atomic mass is 32.5. The van der Waals surface area contributed by atoms with Gasteiger partial charge in [0.15, 0.2) is 0 Å². The summed E-state index contributed by atoms with van der Waals surface area (Å²) >= 11 is 0. The van der Waals surface area contributed by atoms with Gasteiger partial charge >= 0.3 is 21.8 Å². The first kappa shape index (κ1) is 33.4. The number of hydrogen-bond donors (Lipinski definition) is 0. The Morgan fingerprint density at radius 2 is 1.45 bits per heavy atom. The molecule has 234 valence electrons. The molecule has 0 saturated carbocycles. The number of halogens is 5. The van der Waals surface area contributed by atoms with Gasteiger partial charge < -0.3 is 13.9 Å². The van der Waals surface area contributed by atoms with Crippen LogP contribution in [0.2, 0.25) is 0 Å². The van der Waals surface area contributed by atoms with E-state index in [0.717, 1.165) is 69.9 Å². The predicted octanol–water partition coefficient (Wildman–Crippen LogP) is 9.99. The second-order valence-electron chi connectivity index (χ2n) is 11.1. The number of ether oxygens (including phenoxy) is 2. The number of aromatic nitrogens is 1. The van der Waals surface area contributed by atoms with Crippen LogP contribution in [0.5, 0.6) is 5.88 Å². The third kappa shape index (κ3) is 9.71. The van der Waals surface area contributed by atoms with Crippen LogP contribution in [-0.2, 0) is 9.53 Å². The van der Waals surface area contributed by atoms with Gasteiger partial charge in [-0.2, -0.15) is 0 Å². The molecule has 6 nitrogen and oxygen atoms in total. The standard InChI is InChI=1S/C30H38F5NO5S/c1-4-30(2,3)29(38)40-18-12-10-8-6-5-7-9-11-17-39-27-20-26-23(21-36-27)19-25(28(37)41-26)22-13-15-24(16-14-22)42(31,32,33,34)35/h13-16,19-21H,4-12,17-18H2,1-3H3. The molecule has 0 spiro atoms. The van der Waals surface area contributed by atoms with Crippen molar-refractivity contribution in [3.63, 3.8) is 0 Å². The predicted molar refractivity (Wildman–Crippen MR) is 155 cm³/mol. The molecule has 2 aromatic heterocycles. The Morgan fingerprint density at radius 3 is 2.02 bits per heavy atom. The van der Waals surface area contributed by atoms with E-state index in [9.17, 15) is 29.0 Å². The molecular formula is C30H38F5NO5S. The van der Waals surface area contributed by atoms with Gasteiger partial charge in [0.1, 0.15) is 10.5 Å². The summed E-state index contributed by atoms with van der Waals surface area (Å²) in [5, 5.41) is 0.400. The van der Waals surface area contributed by atoms with Crippen LogP contribution < -0.4 is 10.4 Å². The van der Waals surface area contributed by atoms with Crippen LogP contribution in [-0.4, -0.2) is 24.2 Å². The number of hydrogen-bond acceptors (Lipinski definition) is 6. The Labute approximate surface area is 242 Å². The third-order valence-corrected chi connectivity index (χ3v) is 8.32. The summed E-state index contributed by atoms with van der Waals surface area (Å²) in [6.07, 6.45) is 10.2. The summed E-state index contributed by atoms with van der Waals surface area (Å²) in [5.41, 5.74) is -1.15. The van der Waals surface area contributed by atoms with E-state index in [1.54, 1.807) is 0 Å². The van der Waals surface area contributed by atoms with Crippen LogP contribution in [0.4, 0.5) is 19.4 Å². The van der Waals surface area contributed by atoms with Gasteiger partial charge in [-0.1, -0.05) is 77.0 Å². The van der Waals surface area contributed by atoms with Gasteiger partial charge in [0.25, 0.3) is 0 Å². The molecule has 0 radical (unpaired) electrons. The lowest BCUT2D eigenvalue weighted by atomic mass is 9.91. The van der Waals surface area contributed by atoms with Crippen molar-refractivity contribution < 1.29 is 38.1 Å². The van der Waals surface area contributed by atoms with Gasteiger partial charge in [0, 0.05) is 17.6 Å². The Bertz CT molecular complexity index is 1420. The maximum atomic E-state index is 13.0. The Balaban J connectivity index is 1.38. The molecule has 0 unspecified atom stereocenters. The van der Waals surface area contributed by atoms with Crippen molar-refractivity contribution in [2.75, 3.05) is 13.2 Å². The highest BCUT2D eigenvalue weighted by molar-refractivity contribution is 8.45. The summed E-state index contributed by atoms with van der Waals surface area (Å²) in [4.78, 5) is 26.6. The topological polar surface area (TPSA) is 78.6 Å². The zero-order chi connectivity index (χ0) is 31.1. The van der Waals surface area contributed by atoms with E-state index in [-0.39, 0.29) is 40.7 Å². The van der Waals surface area contributed by atoms with Crippen molar-refractivity contribution in [3.05, 3.63) is 53.0 Å². The molecule has 0 saturated heterocycles. The molecule has 0 amide bonds. The summed E-state index contributed by atoms with van der Waals surface area (Å²) in [6, 6.07) is 4.97. The molecular weight excluding hydrogens is 581 g/mol. The SMILES string of the molecule is CCC(C)(C)C(=O)OCCCCCCCCCCOc1cc2oc(=O)c(-c3ccc(S(F)(F)(F)(F)F)cc3)cc2cn1. The Hall–Kier alpha value is -3.15. The van der Waals surface area contributed by atoms with E-state index in [2.05, 4.69) is 4.98 Å². The van der Waals surface area contributed by atoms with Crippen molar-refractivity contribution in [2.45, 2.75) is 83.5 Å². The van der Waals surface area contributed by atoms with Crippen LogP contribution in [0, 0.1) is 5.41 Å². The highest BCUT2D eigenvalue weighted by Crippen LogP contribution is 3.02. The molecule has 0 fully saturated rings.